The van der Waals surface area contributed by atoms with Gasteiger partial charge < -0.3 is 34.2 Å². The number of ether oxygens (including phenoxy) is 3. The first-order valence-electron chi connectivity index (χ1n) is 13.6. The summed E-state index contributed by atoms with van der Waals surface area (Å²) in [4.78, 5) is 31.0. The van der Waals surface area contributed by atoms with E-state index in [-0.39, 0.29) is 12.4 Å². The lowest BCUT2D eigenvalue weighted by atomic mass is 9.94. The Hall–Kier alpha value is -4.67. The molecule has 0 bridgehead atoms. The molecule has 1 fully saturated rings. The number of hydrogen-bond donors (Lipinski definition) is 3. The fraction of sp³-hybridized carbons (Fsp3) is 0.303. The molecule has 2 heterocycles. The van der Waals surface area contributed by atoms with Crippen molar-refractivity contribution in [3.8, 4) is 16.9 Å². The van der Waals surface area contributed by atoms with Crippen LogP contribution in [0.25, 0.3) is 22.1 Å². The zero-order valence-corrected chi connectivity index (χ0v) is 24.8. The summed E-state index contributed by atoms with van der Waals surface area (Å²) in [5.74, 6) is 0.657. The molecular weight excluding hydrogens is 554 g/mol. The molecule has 1 aliphatic rings. The lowest BCUT2D eigenvalue weighted by Crippen LogP contribution is -2.49. The Kier molecular flexibility index (Phi) is 11.4. The monoisotopic (exact) mass is 591 g/mol. The third-order valence-electron chi connectivity index (χ3n) is 6.94. The van der Waals surface area contributed by atoms with Crippen LogP contribution in [-0.2, 0) is 9.47 Å². The maximum absolute atomic E-state index is 12.0. The van der Waals surface area contributed by atoms with Gasteiger partial charge in [-0.3, -0.25) is 4.79 Å². The highest BCUT2D eigenvalue weighted by Crippen LogP contribution is 2.34. The van der Waals surface area contributed by atoms with Gasteiger partial charge in [0.05, 0.1) is 11.7 Å². The van der Waals surface area contributed by atoms with Crippen LogP contribution in [0.4, 0.5) is 10.5 Å². The van der Waals surface area contributed by atoms with Crippen LogP contribution in [0.5, 0.6) is 5.75 Å². The number of anilines is 1. The van der Waals surface area contributed by atoms with Crippen molar-refractivity contribution in [3.05, 3.63) is 94.3 Å². The summed E-state index contributed by atoms with van der Waals surface area (Å²) < 4.78 is 23.1. The predicted octanol–water partition coefficient (Wildman–Crippen LogP) is 6.84. The topological polar surface area (TPSA) is 145 Å². The summed E-state index contributed by atoms with van der Waals surface area (Å²) in [6, 6.07) is 23.2. The van der Waals surface area contributed by atoms with Crippen LogP contribution >= 0.6 is 0 Å². The van der Waals surface area contributed by atoms with Gasteiger partial charge in [0.25, 0.3) is 0 Å². The number of carboxylic acid groups (broad SMARTS) is 2. The molecule has 0 radical (unpaired) electrons. The van der Waals surface area contributed by atoms with E-state index in [4.69, 9.17) is 33.6 Å². The number of carbonyl (C=O) groups excluding carboxylic acids is 1. The van der Waals surface area contributed by atoms with Crippen molar-refractivity contribution in [2.24, 2.45) is 0 Å². The zero-order valence-electron chi connectivity index (χ0n) is 24.8. The fourth-order valence-electron chi connectivity index (χ4n) is 4.73. The summed E-state index contributed by atoms with van der Waals surface area (Å²) in [6.45, 7) is 5.89. The number of rotatable bonds is 6. The molecule has 0 aliphatic carbocycles. The third-order valence-corrected chi connectivity index (χ3v) is 6.94. The van der Waals surface area contributed by atoms with Gasteiger partial charge in [0.2, 0.25) is 6.29 Å². The van der Waals surface area contributed by atoms with E-state index in [1.807, 2.05) is 75.4 Å². The first kappa shape index (κ1) is 32.8. The minimum absolute atomic E-state index is 0.0445. The summed E-state index contributed by atoms with van der Waals surface area (Å²) in [5, 5.41) is 17.6. The molecular formula is C33H37NO9. The standard InChI is InChI=1S/C19H25NO5.C13H10O.CH2O3/c1-11-14(23-16-9-8-15(22-5)19(2,3)25-16)7-6-12-10-13(20-4)18(21)24-17(11)12;14-10-11-6-8-13(9-7-11)12-4-2-1-3-5-12;2-1(3)4/h6-7,10,15-16,20H,8-9H2,1-5H3;1-10H;(H2,2,3,4). The maximum atomic E-state index is 12.0. The van der Waals surface area contributed by atoms with Crippen molar-refractivity contribution in [1.82, 2.24) is 0 Å². The SMILES string of the molecule is CNc1cc2ccc(OC3CCC(OC)C(C)(C)O3)c(C)c2oc1=O.O=C(O)O.O=Cc1ccc(-c2ccccc2)cc1. The molecule has 43 heavy (non-hydrogen) atoms. The molecule has 3 aromatic carbocycles. The molecule has 5 rings (SSSR count). The van der Waals surface area contributed by atoms with Crippen LogP contribution in [-0.4, -0.2) is 54.8 Å². The number of aryl methyl sites for hydroxylation is 1. The average Bonchev–Trinajstić information content (AvgIpc) is 2.99. The van der Waals surface area contributed by atoms with Crippen LogP contribution in [0.3, 0.4) is 0 Å². The van der Waals surface area contributed by atoms with Gasteiger partial charge in [-0.1, -0.05) is 54.6 Å². The Balaban J connectivity index is 0.000000236. The van der Waals surface area contributed by atoms with Crippen LogP contribution in [0.1, 0.15) is 42.6 Å². The van der Waals surface area contributed by atoms with Crippen molar-refractivity contribution < 1.29 is 38.4 Å². The molecule has 0 spiro atoms. The first-order valence-corrected chi connectivity index (χ1v) is 13.6. The lowest BCUT2D eigenvalue weighted by Gasteiger charge is -2.41. The second kappa shape index (κ2) is 15.0. The number of carbonyl (C=O) groups is 2. The van der Waals surface area contributed by atoms with E-state index in [0.29, 0.717) is 22.6 Å². The minimum atomic E-state index is -1.83. The quantitative estimate of drug-likeness (QED) is 0.161. The van der Waals surface area contributed by atoms with Crippen molar-refractivity contribution in [3.63, 3.8) is 0 Å². The van der Waals surface area contributed by atoms with Gasteiger partial charge in [0, 0.05) is 37.1 Å². The third kappa shape index (κ3) is 8.91. The summed E-state index contributed by atoms with van der Waals surface area (Å²) in [7, 11) is 3.39. The van der Waals surface area contributed by atoms with Gasteiger partial charge in [-0.05, 0) is 56.5 Å². The first-order chi connectivity index (χ1) is 20.5. The fourth-order valence-corrected chi connectivity index (χ4v) is 4.73. The predicted molar refractivity (Wildman–Crippen MR) is 164 cm³/mol. The number of nitrogens with one attached hydrogen (secondary N) is 1. The van der Waals surface area contributed by atoms with Crippen molar-refractivity contribution in [1.29, 1.82) is 0 Å². The van der Waals surface area contributed by atoms with E-state index in [1.54, 1.807) is 20.2 Å². The highest BCUT2D eigenvalue weighted by molar-refractivity contribution is 5.84. The van der Waals surface area contributed by atoms with Crippen LogP contribution in [0.15, 0.2) is 82.0 Å². The molecule has 2 unspecified atom stereocenters. The Morgan fingerprint density at radius 3 is 2.19 bits per heavy atom. The van der Waals surface area contributed by atoms with Crippen LogP contribution in [0, 0.1) is 6.92 Å². The van der Waals surface area contributed by atoms with Crippen LogP contribution < -0.4 is 15.7 Å². The number of fused-ring (bicyclic) bond motifs is 1. The highest BCUT2D eigenvalue weighted by atomic mass is 16.7. The summed E-state index contributed by atoms with van der Waals surface area (Å²) >= 11 is 0. The van der Waals surface area contributed by atoms with E-state index < -0.39 is 17.4 Å². The molecule has 10 nitrogen and oxygen atoms in total. The highest BCUT2D eigenvalue weighted by Gasteiger charge is 2.39. The van der Waals surface area contributed by atoms with Crippen LogP contribution in [0.2, 0.25) is 0 Å². The van der Waals surface area contributed by atoms with E-state index >= 15 is 0 Å². The van der Waals surface area contributed by atoms with Crippen molar-refractivity contribution in [2.75, 3.05) is 19.5 Å². The number of aldehydes is 1. The van der Waals surface area contributed by atoms with Gasteiger partial charge >= 0.3 is 11.8 Å². The molecule has 1 aromatic heterocycles. The van der Waals surface area contributed by atoms with E-state index in [1.165, 1.54) is 5.56 Å². The maximum Gasteiger partial charge on any atom is 0.503 e. The Morgan fingerprint density at radius 2 is 1.63 bits per heavy atom. The lowest BCUT2D eigenvalue weighted by molar-refractivity contribution is -0.233. The molecule has 1 saturated heterocycles. The Bertz CT molecular complexity index is 1560. The normalized spacial score (nSPS) is 17.0. The van der Waals surface area contributed by atoms with Gasteiger partial charge in [-0.25, -0.2) is 9.59 Å². The molecule has 1 aliphatic heterocycles. The number of hydrogen-bond acceptors (Lipinski definition) is 8. The Labute approximate surface area is 249 Å². The molecule has 3 N–H and O–H groups in total. The molecule has 0 amide bonds. The average molecular weight is 592 g/mol. The number of methoxy groups -OCH3 is 1. The summed E-state index contributed by atoms with van der Waals surface area (Å²) in [6.07, 6.45) is 0.307. The second-order valence-electron chi connectivity index (χ2n) is 10.3. The molecule has 228 valence electrons. The largest absolute Gasteiger partial charge is 0.503 e. The van der Waals surface area contributed by atoms with E-state index in [2.05, 4.69) is 17.4 Å². The minimum Gasteiger partial charge on any atom is -0.465 e. The molecule has 10 heteroatoms. The van der Waals surface area contributed by atoms with E-state index in [9.17, 15) is 9.59 Å². The smallest absolute Gasteiger partial charge is 0.465 e. The van der Waals surface area contributed by atoms with Gasteiger partial charge in [0.1, 0.15) is 23.3 Å². The van der Waals surface area contributed by atoms with Gasteiger partial charge in [-0.2, -0.15) is 0 Å². The number of benzene rings is 3. The second-order valence-corrected chi connectivity index (χ2v) is 10.3. The zero-order chi connectivity index (χ0) is 31.6. The van der Waals surface area contributed by atoms with E-state index in [0.717, 1.165) is 35.6 Å². The van der Waals surface area contributed by atoms with Gasteiger partial charge in [0.15, 0.2) is 0 Å². The molecule has 4 aromatic rings. The van der Waals surface area contributed by atoms with Crippen molar-refractivity contribution in [2.45, 2.75) is 51.6 Å². The molecule has 0 saturated carbocycles. The van der Waals surface area contributed by atoms with Crippen molar-refractivity contribution >= 4 is 29.1 Å². The van der Waals surface area contributed by atoms with Gasteiger partial charge in [-0.15, -0.1) is 0 Å². The summed E-state index contributed by atoms with van der Waals surface area (Å²) in [5.41, 5.74) is 3.96. The molecule has 2 atom stereocenters. The Morgan fingerprint density at radius 1 is 1.00 bits per heavy atom.